The average Bonchev–Trinajstić information content (AvgIpc) is 3.04. The minimum atomic E-state index is -0.223. The maximum absolute atomic E-state index is 13.0. The third-order valence-corrected chi connectivity index (χ3v) is 4.93. The van der Waals surface area contributed by atoms with Crippen LogP contribution in [0.25, 0.3) is 5.65 Å². The first-order chi connectivity index (χ1) is 13.6. The maximum atomic E-state index is 13.0. The number of benzene rings is 1. The molecule has 1 aliphatic heterocycles. The van der Waals surface area contributed by atoms with E-state index in [-0.39, 0.29) is 18.0 Å². The molecule has 1 saturated heterocycles. The Labute approximate surface area is 162 Å². The predicted octanol–water partition coefficient (Wildman–Crippen LogP) is 2.46. The number of urea groups is 1. The number of carbonyl (C=O) groups is 2. The van der Waals surface area contributed by atoms with Gasteiger partial charge in [0.05, 0.1) is 5.69 Å². The summed E-state index contributed by atoms with van der Waals surface area (Å²) in [5.74, 6) is -0.0570. The number of likely N-dealkylation sites (tertiary alicyclic amines) is 1. The van der Waals surface area contributed by atoms with Crippen LogP contribution in [0.2, 0.25) is 0 Å². The maximum Gasteiger partial charge on any atom is 0.319 e. The third-order valence-electron chi connectivity index (χ3n) is 4.93. The van der Waals surface area contributed by atoms with Crippen molar-refractivity contribution in [1.82, 2.24) is 24.8 Å². The van der Waals surface area contributed by atoms with Crippen LogP contribution in [0.1, 0.15) is 28.9 Å². The molecule has 0 bridgehead atoms. The van der Waals surface area contributed by atoms with Crippen LogP contribution in [0.3, 0.4) is 0 Å². The van der Waals surface area contributed by atoms with E-state index in [9.17, 15) is 9.59 Å². The van der Waals surface area contributed by atoms with Gasteiger partial charge in [0.25, 0.3) is 5.91 Å². The van der Waals surface area contributed by atoms with Crippen LogP contribution in [-0.2, 0) is 0 Å². The minimum Gasteiger partial charge on any atom is -0.338 e. The van der Waals surface area contributed by atoms with Gasteiger partial charge in [-0.1, -0.05) is 18.2 Å². The molecular weight excluding hydrogens is 356 g/mol. The molecule has 0 spiro atoms. The van der Waals surface area contributed by atoms with Crippen molar-refractivity contribution in [2.45, 2.75) is 25.8 Å². The average molecular weight is 378 g/mol. The van der Waals surface area contributed by atoms with Gasteiger partial charge in [0.1, 0.15) is 5.56 Å². The first-order valence-electron chi connectivity index (χ1n) is 9.33. The summed E-state index contributed by atoms with van der Waals surface area (Å²) in [5.41, 5.74) is 2.55. The number of rotatable bonds is 3. The highest BCUT2D eigenvalue weighted by Gasteiger charge is 2.28. The van der Waals surface area contributed by atoms with Gasteiger partial charge in [0.2, 0.25) is 0 Å². The van der Waals surface area contributed by atoms with E-state index in [0.29, 0.717) is 42.8 Å². The van der Waals surface area contributed by atoms with E-state index in [4.69, 9.17) is 0 Å². The van der Waals surface area contributed by atoms with E-state index >= 15 is 0 Å². The highest BCUT2D eigenvalue weighted by molar-refractivity contribution is 6.01. The highest BCUT2D eigenvalue weighted by Crippen LogP contribution is 2.19. The summed E-state index contributed by atoms with van der Waals surface area (Å²) in [5, 5.41) is 10.2. The van der Waals surface area contributed by atoms with Gasteiger partial charge in [-0.2, -0.15) is 5.10 Å². The minimum absolute atomic E-state index is 0.0379. The molecular formula is C20H22N6O2. The number of hydrogen-bond donors (Lipinski definition) is 2. The monoisotopic (exact) mass is 378 g/mol. The van der Waals surface area contributed by atoms with E-state index in [0.717, 1.165) is 5.69 Å². The Balaban J connectivity index is 1.35. The van der Waals surface area contributed by atoms with Crippen LogP contribution in [0.4, 0.5) is 10.5 Å². The molecule has 8 heteroatoms. The number of carbonyl (C=O) groups excluding carboxylic acids is 2. The van der Waals surface area contributed by atoms with Crippen molar-refractivity contribution in [3.8, 4) is 0 Å². The van der Waals surface area contributed by atoms with Crippen LogP contribution < -0.4 is 10.6 Å². The van der Waals surface area contributed by atoms with Gasteiger partial charge in [0, 0.05) is 37.2 Å². The van der Waals surface area contributed by atoms with Crippen molar-refractivity contribution >= 4 is 23.3 Å². The summed E-state index contributed by atoms with van der Waals surface area (Å²) in [6.45, 7) is 2.99. The standard InChI is InChI=1S/C20H22N6O2/c1-14-17(18-21-10-5-11-26(18)24-14)19(27)25-12-8-16(9-13-25)23-20(28)22-15-6-3-2-4-7-15/h2-7,10-11,16H,8-9,12-13H2,1H3,(H2,22,23,28). The largest absolute Gasteiger partial charge is 0.338 e. The second-order valence-electron chi connectivity index (χ2n) is 6.88. The van der Waals surface area contributed by atoms with Gasteiger partial charge in [-0.3, -0.25) is 4.79 Å². The number of hydrogen-bond acceptors (Lipinski definition) is 4. The number of aromatic nitrogens is 3. The number of piperidine rings is 1. The second kappa shape index (κ2) is 7.67. The SMILES string of the molecule is Cc1nn2cccnc2c1C(=O)N1CCC(NC(=O)Nc2ccccc2)CC1. The number of nitrogens with one attached hydrogen (secondary N) is 2. The van der Waals surface area contributed by atoms with E-state index < -0.39 is 0 Å². The lowest BCUT2D eigenvalue weighted by atomic mass is 10.0. The Bertz CT molecular complexity index is 992. The molecule has 3 amide bonds. The van der Waals surface area contributed by atoms with E-state index in [1.54, 1.807) is 23.0 Å². The Kier molecular flexibility index (Phi) is 4.92. The Hall–Kier alpha value is -3.42. The van der Waals surface area contributed by atoms with Crippen LogP contribution in [-0.4, -0.2) is 50.6 Å². The van der Waals surface area contributed by atoms with Gasteiger partial charge in [-0.05, 0) is 38.0 Å². The Morgan fingerprint density at radius 3 is 2.61 bits per heavy atom. The molecule has 2 aromatic heterocycles. The number of fused-ring (bicyclic) bond motifs is 1. The quantitative estimate of drug-likeness (QED) is 0.732. The summed E-state index contributed by atoms with van der Waals surface area (Å²) in [6, 6.07) is 10.9. The number of amides is 3. The molecule has 0 aliphatic carbocycles. The lowest BCUT2D eigenvalue weighted by Gasteiger charge is -2.32. The molecule has 1 aromatic carbocycles. The first-order valence-corrected chi connectivity index (χ1v) is 9.33. The molecule has 0 atom stereocenters. The molecule has 1 aliphatic rings. The van der Waals surface area contributed by atoms with Crippen molar-refractivity contribution in [3.05, 3.63) is 60.0 Å². The molecule has 28 heavy (non-hydrogen) atoms. The highest BCUT2D eigenvalue weighted by atomic mass is 16.2. The topological polar surface area (TPSA) is 91.6 Å². The Morgan fingerprint density at radius 2 is 1.86 bits per heavy atom. The van der Waals surface area contributed by atoms with Crippen molar-refractivity contribution in [2.24, 2.45) is 0 Å². The van der Waals surface area contributed by atoms with Crippen molar-refractivity contribution in [1.29, 1.82) is 0 Å². The fourth-order valence-corrected chi connectivity index (χ4v) is 3.51. The van der Waals surface area contributed by atoms with Gasteiger partial charge in [-0.25, -0.2) is 14.3 Å². The lowest BCUT2D eigenvalue weighted by Crippen LogP contribution is -2.47. The summed E-state index contributed by atoms with van der Waals surface area (Å²) in [7, 11) is 0. The van der Waals surface area contributed by atoms with Crippen molar-refractivity contribution in [2.75, 3.05) is 18.4 Å². The number of anilines is 1. The van der Waals surface area contributed by atoms with Crippen molar-refractivity contribution in [3.63, 3.8) is 0 Å². The second-order valence-corrected chi connectivity index (χ2v) is 6.88. The normalized spacial score (nSPS) is 14.8. The predicted molar refractivity (Wildman–Crippen MR) is 105 cm³/mol. The van der Waals surface area contributed by atoms with Crippen LogP contribution in [0.5, 0.6) is 0 Å². The van der Waals surface area contributed by atoms with Gasteiger partial charge in [-0.15, -0.1) is 0 Å². The number of nitrogens with zero attached hydrogens (tertiary/aromatic N) is 4. The van der Waals surface area contributed by atoms with Crippen LogP contribution in [0, 0.1) is 6.92 Å². The molecule has 0 radical (unpaired) electrons. The van der Waals surface area contributed by atoms with Gasteiger partial charge < -0.3 is 15.5 Å². The molecule has 144 valence electrons. The number of aryl methyl sites for hydroxylation is 1. The zero-order valence-corrected chi connectivity index (χ0v) is 15.6. The van der Waals surface area contributed by atoms with Gasteiger partial charge in [0.15, 0.2) is 5.65 Å². The van der Waals surface area contributed by atoms with Crippen LogP contribution in [0.15, 0.2) is 48.8 Å². The molecule has 0 unspecified atom stereocenters. The summed E-state index contributed by atoms with van der Waals surface area (Å²) in [4.78, 5) is 31.3. The molecule has 4 rings (SSSR count). The zero-order chi connectivity index (χ0) is 19.5. The molecule has 3 heterocycles. The first kappa shape index (κ1) is 18.0. The van der Waals surface area contributed by atoms with Crippen LogP contribution >= 0.6 is 0 Å². The molecule has 2 N–H and O–H groups in total. The summed E-state index contributed by atoms with van der Waals surface area (Å²) < 4.78 is 1.63. The Morgan fingerprint density at radius 1 is 1.11 bits per heavy atom. The number of para-hydroxylation sites is 1. The summed E-state index contributed by atoms with van der Waals surface area (Å²) >= 11 is 0. The van der Waals surface area contributed by atoms with Crippen molar-refractivity contribution < 1.29 is 9.59 Å². The zero-order valence-electron chi connectivity index (χ0n) is 15.6. The molecule has 3 aromatic rings. The fourth-order valence-electron chi connectivity index (χ4n) is 3.51. The fraction of sp³-hybridized carbons (Fsp3) is 0.300. The third kappa shape index (κ3) is 3.66. The molecule has 0 saturated carbocycles. The van der Waals surface area contributed by atoms with E-state index in [1.165, 1.54) is 0 Å². The van der Waals surface area contributed by atoms with Gasteiger partial charge >= 0.3 is 6.03 Å². The van der Waals surface area contributed by atoms with E-state index in [1.807, 2.05) is 42.2 Å². The van der Waals surface area contributed by atoms with E-state index in [2.05, 4.69) is 20.7 Å². The smallest absolute Gasteiger partial charge is 0.319 e. The molecule has 1 fully saturated rings. The lowest BCUT2D eigenvalue weighted by molar-refractivity contribution is 0.0710. The molecule has 8 nitrogen and oxygen atoms in total. The summed E-state index contributed by atoms with van der Waals surface area (Å²) in [6.07, 6.45) is 4.86.